The van der Waals surface area contributed by atoms with E-state index >= 15 is 0 Å². The molecule has 2 N–H and O–H groups in total. The topological polar surface area (TPSA) is 81.8 Å². The monoisotopic (exact) mass is 414 g/mol. The summed E-state index contributed by atoms with van der Waals surface area (Å²) in [6, 6.07) is 13.4. The van der Waals surface area contributed by atoms with Crippen molar-refractivity contribution in [1.82, 2.24) is 19.9 Å². The highest BCUT2D eigenvalue weighted by atomic mass is 16.2. The predicted molar refractivity (Wildman–Crippen MR) is 122 cm³/mol. The zero-order valence-electron chi connectivity index (χ0n) is 18.2. The van der Waals surface area contributed by atoms with Gasteiger partial charge >= 0.3 is 0 Å². The van der Waals surface area contributed by atoms with Crippen molar-refractivity contribution in [1.29, 1.82) is 0 Å². The number of amides is 1. The lowest BCUT2D eigenvalue weighted by atomic mass is 10.0. The lowest BCUT2D eigenvalue weighted by molar-refractivity contribution is 0.0674. The molecule has 4 aromatic rings. The van der Waals surface area contributed by atoms with Crippen LogP contribution in [0.2, 0.25) is 0 Å². The molecule has 6 nitrogen and oxygen atoms in total. The van der Waals surface area contributed by atoms with E-state index in [2.05, 4.69) is 15.0 Å². The molecule has 3 aromatic heterocycles. The molecular formula is C25H26N4O2. The summed E-state index contributed by atoms with van der Waals surface area (Å²) < 4.78 is 0. The van der Waals surface area contributed by atoms with Gasteiger partial charge in [0, 0.05) is 28.5 Å². The van der Waals surface area contributed by atoms with Gasteiger partial charge in [0.05, 0.1) is 29.9 Å². The van der Waals surface area contributed by atoms with Gasteiger partial charge < -0.3 is 14.9 Å². The van der Waals surface area contributed by atoms with Crippen molar-refractivity contribution >= 4 is 16.8 Å². The quantitative estimate of drug-likeness (QED) is 0.501. The van der Waals surface area contributed by atoms with E-state index in [0.717, 1.165) is 33.4 Å². The molecular weight excluding hydrogens is 388 g/mol. The maximum atomic E-state index is 13.9. The number of H-pyrrole nitrogens is 2. The SMILES string of the molecule is Cc1cc(C)c(CN(C(=O)c2c(C)[nH]c3cnccc23)C(C)c2ccccc2)c(=O)[nH]1. The molecule has 0 radical (unpaired) electrons. The Morgan fingerprint density at radius 3 is 2.55 bits per heavy atom. The number of hydrogen-bond acceptors (Lipinski definition) is 3. The van der Waals surface area contributed by atoms with E-state index < -0.39 is 0 Å². The molecule has 3 heterocycles. The van der Waals surface area contributed by atoms with Crippen LogP contribution in [-0.4, -0.2) is 25.8 Å². The first-order valence-corrected chi connectivity index (χ1v) is 10.3. The second-order valence-electron chi connectivity index (χ2n) is 8.01. The summed E-state index contributed by atoms with van der Waals surface area (Å²) in [4.78, 5) is 38.7. The third kappa shape index (κ3) is 3.89. The second-order valence-corrected chi connectivity index (χ2v) is 8.01. The first kappa shape index (κ1) is 20.6. The van der Waals surface area contributed by atoms with Gasteiger partial charge in [0.1, 0.15) is 0 Å². The van der Waals surface area contributed by atoms with Crippen LogP contribution in [0.3, 0.4) is 0 Å². The van der Waals surface area contributed by atoms with Gasteiger partial charge in [-0.15, -0.1) is 0 Å². The summed E-state index contributed by atoms with van der Waals surface area (Å²) in [5, 5.41) is 0.831. The Morgan fingerprint density at radius 1 is 1.10 bits per heavy atom. The molecule has 31 heavy (non-hydrogen) atoms. The van der Waals surface area contributed by atoms with E-state index in [1.807, 2.05) is 70.2 Å². The number of nitrogens with zero attached hydrogens (tertiary/aromatic N) is 2. The fourth-order valence-electron chi connectivity index (χ4n) is 4.14. The van der Waals surface area contributed by atoms with Crippen molar-refractivity contribution < 1.29 is 4.79 Å². The van der Waals surface area contributed by atoms with Gasteiger partial charge in [-0.05, 0) is 51.0 Å². The molecule has 158 valence electrons. The van der Waals surface area contributed by atoms with Crippen molar-refractivity contribution in [2.24, 2.45) is 0 Å². The maximum absolute atomic E-state index is 13.9. The van der Waals surface area contributed by atoms with E-state index in [0.29, 0.717) is 11.1 Å². The smallest absolute Gasteiger partial charge is 0.257 e. The van der Waals surface area contributed by atoms with Crippen LogP contribution in [0.15, 0.2) is 59.7 Å². The minimum atomic E-state index is -0.222. The summed E-state index contributed by atoms with van der Waals surface area (Å²) in [7, 11) is 0. The van der Waals surface area contributed by atoms with Crippen LogP contribution in [0, 0.1) is 20.8 Å². The zero-order chi connectivity index (χ0) is 22.1. The highest BCUT2D eigenvalue weighted by Gasteiger charge is 2.28. The number of rotatable bonds is 5. The Balaban J connectivity index is 1.83. The molecule has 0 aliphatic rings. The molecule has 0 bridgehead atoms. The molecule has 6 heteroatoms. The molecule has 0 spiro atoms. The maximum Gasteiger partial charge on any atom is 0.257 e. The first-order valence-electron chi connectivity index (χ1n) is 10.3. The van der Waals surface area contributed by atoms with Gasteiger partial charge in [0.2, 0.25) is 0 Å². The second kappa shape index (κ2) is 8.22. The molecule has 0 aliphatic carbocycles. The summed E-state index contributed by atoms with van der Waals surface area (Å²) in [5.41, 5.74) is 5.35. The highest BCUT2D eigenvalue weighted by molar-refractivity contribution is 6.08. The number of aromatic nitrogens is 3. The van der Waals surface area contributed by atoms with Crippen molar-refractivity contribution in [2.45, 2.75) is 40.3 Å². The van der Waals surface area contributed by atoms with Gasteiger partial charge in [-0.3, -0.25) is 14.6 Å². The predicted octanol–water partition coefficient (Wildman–Crippen LogP) is 4.58. The lowest BCUT2D eigenvalue weighted by Crippen LogP contribution is -2.36. The van der Waals surface area contributed by atoms with Crippen molar-refractivity contribution in [2.75, 3.05) is 0 Å². The molecule has 0 saturated carbocycles. The van der Waals surface area contributed by atoms with Crippen molar-refractivity contribution in [3.8, 4) is 0 Å². The molecule has 0 aliphatic heterocycles. The average Bonchev–Trinajstić information content (AvgIpc) is 3.08. The van der Waals surface area contributed by atoms with Crippen LogP contribution in [-0.2, 0) is 6.54 Å². The summed E-state index contributed by atoms with van der Waals surface area (Å²) >= 11 is 0. The number of pyridine rings is 2. The number of aromatic amines is 2. The first-order chi connectivity index (χ1) is 14.9. The number of carbonyl (C=O) groups excluding carboxylic acids is 1. The summed E-state index contributed by atoms with van der Waals surface area (Å²) in [6.45, 7) is 7.87. The fraction of sp³-hybridized carbons (Fsp3) is 0.240. The normalized spacial score (nSPS) is 12.1. The fourth-order valence-corrected chi connectivity index (χ4v) is 4.14. The van der Waals surface area contributed by atoms with E-state index in [-0.39, 0.29) is 24.1 Å². The van der Waals surface area contributed by atoms with E-state index in [1.54, 1.807) is 17.3 Å². The highest BCUT2D eigenvalue weighted by Crippen LogP contribution is 2.29. The molecule has 1 atom stereocenters. The minimum Gasteiger partial charge on any atom is -0.357 e. The van der Waals surface area contributed by atoms with Gasteiger partial charge in [-0.25, -0.2) is 0 Å². The van der Waals surface area contributed by atoms with Crippen molar-refractivity contribution in [3.05, 3.63) is 98.9 Å². The standard InChI is InChI=1S/C25H26N4O2/c1-15-12-16(2)27-24(30)21(15)14-29(18(4)19-8-6-5-7-9-19)25(31)23-17(3)28-22-13-26-11-10-20(22)23/h5-13,18,28H,14H2,1-4H3,(H,27,30). The largest absolute Gasteiger partial charge is 0.357 e. The summed E-state index contributed by atoms with van der Waals surface area (Å²) in [6.07, 6.45) is 3.41. The Hall–Kier alpha value is -3.67. The van der Waals surface area contributed by atoms with Crippen molar-refractivity contribution in [3.63, 3.8) is 0 Å². The number of aryl methyl sites for hydroxylation is 3. The van der Waals surface area contributed by atoms with Crippen LogP contribution in [0.5, 0.6) is 0 Å². The van der Waals surface area contributed by atoms with Gasteiger partial charge in [0.25, 0.3) is 11.5 Å². The van der Waals surface area contributed by atoms with Crippen LogP contribution < -0.4 is 5.56 Å². The third-order valence-electron chi connectivity index (χ3n) is 5.83. The Kier molecular flexibility index (Phi) is 5.46. The number of carbonyl (C=O) groups is 1. The molecule has 1 aromatic carbocycles. The number of fused-ring (bicyclic) bond motifs is 1. The Labute approximate surface area is 181 Å². The molecule has 0 saturated heterocycles. The Morgan fingerprint density at radius 2 is 1.84 bits per heavy atom. The van der Waals surface area contributed by atoms with Crippen LogP contribution in [0.1, 0.15) is 51.4 Å². The number of hydrogen-bond donors (Lipinski definition) is 2. The van der Waals surface area contributed by atoms with E-state index in [4.69, 9.17) is 0 Å². The minimum absolute atomic E-state index is 0.120. The molecule has 1 unspecified atom stereocenters. The van der Waals surface area contributed by atoms with Crippen LogP contribution in [0.25, 0.3) is 10.9 Å². The Bertz CT molecular complexity index is 1300. The number of benzene rings is 1. The van der Waals surface area contributed by atoms with E-state index in [9.17, 15) is 9.59 Å². The zero-order valence-corrected chi connectivity index (χ0v) is 18.2. The van der Waals surface area contributed by atoms with Gasteiger partial charge in [-0.1, -0.05) is 30.3 Å². The third-order valence-corrected chi connectivity index (χ3v) is 5.83. The average molecular weight is 415 g/mol. The van der Waals surface area contributed by atoms with Gasteiger partial charge in [-0.2, -0.15) is 0 Å². The van der Waals surface area contributed by atoms with Crippen LogP contribution in [0.4, 0.5) is 0 Å². The summed E-state index contributed by atoms with van der Waals surface area (Å²) in [5.74, 6) is -0.120. The molecule has 1 amide bonds. The van der Waals surface area contributed by atoms with E-state index in [1.165, 1.54) is 0 Å². The van der Waals surface area contributed by atoms with Crippen LogP contribution >= 0.6 is 0 Å². The molecule has 4 rings (SSSR count). The number of nitrogens with one attached hydrogen (secondary N) is 2. The molecule has 0 fully saturated rings. The van der Waals surface area contributed by atoms with Gasteiger partial charge in [0.15, 0.2) is 0 Å². The lowest BCUT2D eigenvalue weighted by Gasteiger charge is -2.30.